The van der Waals surface area contributed by atoms with Crippen LogP contribution in [0.1, 0.15) is 50.7 Å². The van der Waals surface area contributed by atoms with Crippen LogP contribution in [0.5, 0.6) is 5.75 Å². The Balaban J connectivity index is 3.11. The summed E-state index contributed by atoms with van der Waals surface area (Å²) in [5, 5.41) is 0. The van der Waals surface area contributed by atoms with Crippen molar-refractivity contribution in [2.75, 3.05) is 7.11 Å². The first-order valence-corrected chi connectivity index (χ1v) is 5.24. The van der Waals surface area contributed by atoms with Crippen molar-refractivity contribution in [2.24, 2.45) is 0 Å². The van der Waals surface area contributed by atoms with Crippen LogP contribution in [0, 0.1) is 0 Å². The van der Waals surface area contributed by atoms with Crippen LogP contribution in [0.15, 0.2) is 18.2 Å². The molecular weight excluding hydrogens is 172 g/mol. The van der Waals surface area contributed by atoms with E-state index in [1.54, 1.807) is 7.11 Å². The van der Waals surface area contributed by atoms with Gasteiger partial charge in [-0.15, -0.1) is 0 Å². The first kappa shape index (κ1) is 11.1. The van der Waals surface area contributed by atoms with Crippen LogP contribution in [0.25, 0.3) is 0 Å². The van der Waals surface area contributed by atoms with E-state index >= 15 is 0 Å². The lowest BCUT2D eigenvalue weighted by molar-refractivity contribution is 0.406. The van der Waals surface area contributed by atoms with Crippen LogP contribution < -0.4 is 4.74 Å². The first-order chi connectivity index (χ1) is 6.56. The molecule has 14 heavy (non-hydrogen) atoms. The molecule has 1 heteroatoms. The zero-order valence-corrected chi connectivity index (χ0v) is 9.79. The number of ether oxygens (including phenoxy) is 1. The van der Waals surface area contributed by atoms with Gasteiger partial charge in [0.15, 0.2) is 0 Å². The zero-order chi connectivity index (χ0) is 10.7. The van der Waals surface area contributed by atoms with Crippen LogP contribution in [0.4, 0.5) is 0 Å². The molecule has 0 amide bonds. The quantitative estimate of drug-likeness (QED) is 0.704. The topological polar surface area (TPSA) is 9.23 Å². The molecule has 0 fully saturated rings. The Kier molecular flexibility index (Phi) is 3.56. The molecule has 0 aromatic heterocycles. The zero-order valence-electron chi connectivity index (χ0n) is 9.79. The molecule has 0 aliphatic rings. The first-order valence-electron chi connectivity index (χ1n) is 5.24. The van der Waals surface area contributed by atoms with Crippen LogP contribution in [0.2, 0.25) is 0 Å². The van der Waals surface area contributed by atoms with Crippen LogP contribution in [0.3, 0.4) is 0 Å². The van der Waals surface area contributed by atoms with Crippen molar-refractivity contribution in [3.63, 3.8) is 0 Å². The lowest BCUT2D eigenvalue weighted by atomic mass is 9.96. The number of benzene rings is 1. The van der Waals surface area contributed by atoms with Gasteiger partial charge in [-0.2, -0.15) is 0 Å². The summed E-state index contributed by atoms with van der Waals surface area (Å²) in [6.45, 7) is 8.77. The van der Waals surface area contributed by atoms with Gasteiger partial charge in [0.1, 0.15) is 5.75 Å². The number of hydrogen-bond acceptors (Lipinski definition) is 1. The summed E-state index contributed by atoms with van der Waals surface area (Å²) in [5.74, 6) is 2.10. The van der Waals surface area contributed by atoms with Gasteiger partial charge in [-0.05, 0) is 29.0 Å². The maximum Gasteiger partial charge on any atom is 0.122 e. The molecule has 0 heterocycles. The molecule has 1 aromatic rings. The second-order valence-electron chi connectivity index (χ2n) is 4.31. The SMILES string of the molecule is COc1cc(C(C)C)ccc1C(C)C. The Hall–Kier alpha value is -0.980. The van der Waals surface area contributed by atoms with Gasteiger partial charge < -0.3 is 4.74 Å². The second kappa shape index (κ2) is 4.50. The third-order valence-electron chi connectivity index (χ3n) is 2.55. The summed E-state index contributed by atoms with van der Waals surface area (Å²) in [6, 6.07) is 6.53. The smallest absolute Gasteiger partial charge is 0.122 e. The van der Waals surface area contributed by atoms with E-state index in [1.807, 2.05) is 0 Å². The third kappa shape index (κ3) is 2.28. The largest absolute Gasteiger partial charge is 0.496 e. The van der Waals surface area contributed by atoms with E-state index in [1.165, 1.54) is 11.1 Å². The average Bonchev–Trinajstić information content (AvgIpc) is 2.16. The minimum atomic E-state index is 0.520. The van der Waals surface area contributed by atoms with E-state index in [-0.39, 0.29) is 0 Å². The van der Waals surface area contributed by atoms with Gasteiger partial charge in [0.25, 0.3) is 0 Å². The number of rotatable bonds is 3. The third-order valence-corrected chi connectivity index (χ3v) is 2.55. The Morgan fingerprint density at radius 2 is 1.64 bits per heavy atom. The van der Waals surface area contributed by atoms with Crippen LogP contribution in [-0.4, -0.2) is 7.11 Å². The predicted octanol–water partition coefficient (Wildman–Crippen LogP) is 3.94. The van der Waals surface area contributed by atoms with Gasteiger partial charge in [0.2, 0.25) is 0 Å². The second-order valence-corrected chi connectivity index (χ2v) is 4.31. The minimum absolute atomic E-state index is 0.520. The highest BCUT2D eigenvalue weighted by atomic mass is 16.5. The Morgan fingerprint density at radius 3 is 2.07 bits per heavy atom. The van der Waals surface area contributed by atoms with E-state index in [0.717, 1.165) is 5.75 Å². The Bertz CT molecular complexity index is 300. The summed E-state index contributed by atoms with van der Waals surface area (Å²) in [6.07, 6.45) is 0. The maximum absolute atomic E-state index is 5.40. The lowest BCUT2D eigenvalue weighted by Gasteiger charge is -2.14. The molecule has 0 saturated carbocycles. The minimum Gasteiger partial charge on any atom is -0.496 e. The molecule has 0 spiro atoms. The fourth-order valence-electron chi connectivity index (χ4n) is 1.56. The Morgan fingerprint density at radius 1 is 1.00 bits per heavy atom. The highest BCUT2D eigenvalue weighted by molar-refractivity contribution is 5.40. The molecule has 1 aromatic carbocycles. The van der Waals surface area contributed by atoms with Gasteiger partial charge in [-0.3, -0.25) is 0 Å². The molecule has 1 nitrogen and oxygen atoms in total. The summed E-state index contributed by atoms with van der Waals surface area (Å²) in [4.78, 5) is 0. The van der Waals surface area contributed by atoms with Crippen molar-refractivity contribution in [3.8, 4) is 5.75 Å². The van der Waals surface area contributed by atoms with E-state index in [0.29, 0.717) is 11.8 Å². The van der Waals surface area contributed by atoms with E-state index in [4.69, 9.17) is 4.74 Å². The van der Waals surface area contributed by atoms with Gasteiger partial charge in [-0.25, -0.2) is 0 Å². The molecule has 0 aliphatic heterocycles. The lowest BCUT2D eigenvalue weighted by Crippen LogP contribution is -1.96. The van der Waals surface area contributed by atoms with Gasteiger partial charge in [0.05, 0.1) is 7.11 Å². The Labute approximate surface area is 87.1 Å². The molecule has 0 aliphatic carbocycles. The van der Waals surface area contributed by atoms with Crippen molar-refractivity contribution in [3.05, 3.63) is 29.3 Å². The molecule has 0 atom stereocenters. The van der Waals surface area contributed by atoms with Crippen molar-refractivity contribution >= 4 is 0 Å². The average molecular weight is 192 g/mol. The van der Waals surface area contributed by atoms with Crippen LogP contribution >= 0.6 is 0 Å². The summed E-state index contributed by atoms with van der Waals surface area (Å²) in [7, 11) is 1.74. The van der Waals surface area contributed by atoms with E-state index in [2.05, 4.69) is 45.9 Å². The molecule has 0 saturated heterocycles. The van der Waals surface area contributed by atoms with Gasteiger partial charge >= 0.3 is 0 Å². The fourth-order valence-corrected chi connectivity index (χ4v) is 1.56. The summed E-state index contributed by atoms with van der Waals surface area (Å²) in [5.41, 5.74) is 2.63. The fraction of sp³-hybridized carbons (Fsp3) is 0.538. The van der Waals surface area contributed by atoms with Gasteiger partial charge in [-0.1, -0.05) is 39.8 Å². The maximum atomic E-state index is 5.40. The number of hydrogen-bond donors (Lipinski definition) is 0. The highest BCUT2D eigenvalue weighted by Gasteiger charge is 2.09. The molecule has 0 bridgehead atoms. The number of methoxy groups -OCH3 is 1. The summed E-state index contributed by atoms with van der Waals surface area (Å²) < 4.78 is 5.40. The van der Waals surface area contributed by atoms with Crippen molar-refractivity contribution in [1.29, 1.82) is 0 Å². The predicted molar refractivity (Wildman–Crippen MR) is 61.2 cm³/mol. The molecule has 0 unspecified atom stereocenters. The highest BCUT2D eigenvalue weighted by Crippen LogP contribution is 2.29. The van der Waals surface area contributed by atoms with E-state index in [9.17, 15) is 0 Å². The molecule has 0 N–H and O–H groups in total. The van der Waals surface area contributed by atoms with Crippen molar-refractivity contribution in [2.45, 2.75) is 39.5 Å². The molecular formula is C13H20O. The molecule has 1 rings (SSSR count). The van der Waals surface area contributed by atoms with Crippen LogP contribution in [-0.2, 0) is 0 Å². The standard InChI is InChI=1S/C13H20O/c1-9(2)11-6-7-12(10(3)4)13(8-11)14-5/h6-10H,1-5H3. The van der Waals surface area contributed by atoms with Gasteiger partial charge in [0, 0.05) is 0 Å². The van der Waals surface area contributed by atoms with E-state index < -0.39 is 0 Å². The summed E-state index contributed by atoms with van der Waals surface area (Å²) >= 11 is 0. The normalized spacial score (nSPS) is 11.1. The van der Waals surface area contributed by atoms with Crippen molar-refractivity contribution < 1.29 is 4.74 Å². The monoisotopic (exact) mass is 192 g/mol. The molecule has 78 valence electrons. The molecule has 0 radical (unpaired) electrons. The van der Waals surface area contributed by atoms with Crippen molar-refractivity contribution in [1.82, 2.24) is 0 Å².